The number of nitrogens with zero attached hydrogens (tertiary/aromatic N) is 2. The van der Waals surface area contributed by atoms with Crippen LogP contribution in [-0.2, 0) is 11.3 Å². The van der Waals surface area contributed by atoms with Crippen molar-refractivity contribution in [3.63, 3.8) is 0 Å². The maximum atomic E-state index is 13.0. The van der Waals surface area contributed by atoms with Crippen LogP contribution in [0.2, 0.25) is 0 Å². The third kappa shape index (κ3) is 4.57. The predicted molar refractivity (Wildman–Crippen MR) is 109 cm³/mol. The van der Waals surface area contributed by atoms with E-state index in [1.54, 1.807) is 14.2 Å². The Balaban J connectivity index is 1.64. The first-order chi connectivity index (χ1) is 13.7. The lowest BCUT2D eigenvalue weighted by molar-refractivity contribution is 0.0746. The van der Waals surface area contributed by atoms with Crippen LogP contribution in [0.3, 0.4) is 0 Å². The van der Waals surface area contributed by atoms with E-state index in [9.17, 15) is 4.79 Å². The van der Waals surface area contributed by atoms with Crippen LogP contribution in [0.1, 0.15) is 22.8 Å². The number of rotatable bonds is 7. The average Bonchev–Trinajstić information content (AvgIpc) is 2.77. The van der Waals surface area contributed by atoms with Gasteiger partial charge >= 0.3 is 0 Å². The molecule has 0 atom stereocenters. The predicted octanol–water partition coefficient (Wildman–Crippen LogP) is 3.20. The molecule has 6 nitrogen and oxygen atoms in total. The van der Waals surface area contributed by atoms with Crippen LogP contribution < -0.4 is 14.4 Å². The monoisotopic (exact) mass is 384 g/mol. The van der Waals surface area contributed by atoms with Crippen LogP contribution in [0.15, 0.2) is 42.5 Å². The molecule has 1 fully saturated rings. The number of hydrogen-bond acceptors (Lipinski definition) is 5. The Morgan fingerprint density at radius 3 is 2.29 bits per heavy atom. The van der Waals surface area contributed by atoms with Crippen molar-refractivity contribution in [1.82, 2.24) is 4.90 Å². The molecule has 28 heavy (non-hydrogen) atoms. The summed E-state index contributed by atoms with van der Waals surface area (Å²) in [6.45, 7) is 6.00. The van der Waals surface area contributed by atoms with Gasteiger partial charge < -0.3 is 24.0 Å². The molecule has 0 unspecified atom stereocenters. The van der Waals surface area contributed by atoms with Gasteiger partial charge in [-0.05, 0) is 49.4 Å². The van der Waals surface area contributed by atoms with Gasteiger partial charge in [0.2, 0.25) is 0 Å². The second-order valence-corrected chi connectivity index (χ2v) is 6.64. The molecule has 1 aliphatic rings. The first kappa shape index (κ1) is 20.0. The third-order valence-corrected chi connectivity index (χ3v) is 4.99. The minimum Gasteiger partial charge on any atom is -0.497 e. The molecule has 1 heterocycles. The van der Waals surface area contributed by atoms with Crippen molar-refractivity contribution in [2.45, 2.75) is 13.5 Å². The van der Waals surface area contributed by atoms with Crippen molar-refractivity contribution in [2.75, 3.05) is 51.9 Å². The summed E-state index contributed by atoms with van der Waals surface area (Å²) in [5.41, 5.74) is 2.72. The van der Waals surface area contributed by atoms with Crippen LogP contribution >= 0.6 is 0 Å². The fourth-order valence-electron chi connectivity index (χ4n) is 3.38. The summed E-state index contributed by atoms with van der Waals surface area (Å²) in [6, 6.07) is 13.6. The molecule has 0 aliphatic carbocycles. The zero-order chi connectivity index (χ0) is 19.9. The lowest BCUT2D eigenvalue weighted by Gasteiger charge is -2.36. The fourth-order valence-corrected chi connectivity index (χ4v) is 3.38. The second kappa shape index (κ2) is 9.46. The van der Waals surface area contributed by atoms with Gasteiger partial charge in [0, 0.05) is 49.6 Å². The number of methoxy groups -OCH3 is 2. The highest BCUT2D eigenvalue weighted by molar-refractivity contribution is 5.94. The molecule has 6 heteroatoms. The molecule has 150 valence electrons. The van der Waals surface area contributed by atoms with E-state index in [0.29, 0.717) is 31.9 Å². The van der Waals surface area contributed by atoms with Crippen LogP contribution in [0, 0.1) is 0 Å². The van der Waals surface area contributed by atoms with E-state index in [2.05, 4.69) is 17.0 Å². The molecular formula is C22H28N2O4. The van der Waals surface area contributed by atoms with E-state index >= 15 is 0 Å². The number of ether oxygens (including phenoxy) is 3. The maximum Gasteiger partial charge on any atom is 0.253 e. The van der Waals surface area contributed by atoms with Crippen molar-refractivity contribution < 1.29 is 19.0 Å². The smallest absolute Gasteiger partial charge is 0.253 e. The highest BCUT2D eigenvalue weighted by atomic mass is 16.5. The zero-order valence-corrected chi connectivity index (χ0v) is 16.8. The quantitative estimate of drug-likeness (QED) is 0.734. The highest BCUT2D eigenvalue weighted by Crippen LogP contribution is 2.24. The molecule has 1 amide bonds. The lowest BCUT2D eigenvalue weighted by atomic mass is 10.1. The number of carbonyl (C=O) groups is 1. The van der Waals surface area contributed by atoms with E-state index in [1.807, 2.05) is 42.2 Å². The Hall–Kier alpha value is -2.73. The molecule has 1 saturated heterocycles. The molecule has 0 N–H and O–H groups in total. The minimum atomic E-state index is 0.0507. The molecule has 0 radical (unpaired) electrons. The Kier molecular flexibility index (Phi) is 6.76. The Morgan fingerprint density at radius 2 is 1.68 bits per heavy atom. The summed E-state index contributed by atoms with van der Waals surface area (Å²) in [5.74, 6) is 1.64. The molecule has 1 aliphatic heterocycles. The number of benzene rings is 2. The summed E-state index contributed by atoms with van der Waals surface area (Å²) < 4.78 is 16.1. The lowest BCUT2D eigenvalue weighted by Crippen LogP contribution is -2.48. The van der Waals surface area contributed by atoms with E-state index in [4.69, 9.17) is 14.2 Å². The molecule has 2 aromatic rings. The topological polar surface area (TPSA) is 51.2 Å². The minimum absolute atomic E-state index is 0.0507. The van der Waals surface area contributed by atoms with Crippen molar-refractivity contribution in [3.05, 3.63) is 53.6 Å². The molecular weight excluding hydrogens is 356 g/mol. The Labute approximate surface area is 166 Å². The van der Waals surface area contributed by atoms with Crippen molar-refractivity contribution in [3.8, 4) is 11.5 Å². The first-order valence-electron chi connectivity index (χ1n) is 9.59. The van der Waals surface area contributed by atoms with Gasteiger partial charge in [0.25, 0.3) is 5.91 Å². The molecule has 3 rings (SSSR count). The maximum absolute atomic E-state index is 13.0. The Morgan fingerprint density at radius 1 is 0.964 bits per heavy atom. The van der Waals surface area contributed by atoms with Gasteiger partial charge in [0.15, 0.2) is 0 Å². The molecule has 0 spiro atoms. The number of hydrogen-bond donors (Lipinski definition) is 0. The number of piperazine rings is 1. The molecule has 0 saturated carbocycles. The summed E-state index contributed by atoms with van der Waals surface area (Å²) in [6.07, 6.45) is 0. The number of amides is 1. The van der Waals surface area contributed by atoms with E-state index < -0.39 is 0 Å². The number of carbonyl (C=O) groups excluding carboxylic acids is 1. The summed E-state index contributed by atoms with van der Waals surface area (Å²) in [5, 5.41) is 0. The van der Waals surface area contributed by atoms with Crippen LogP contribution in [0.4, 0.5) is 5.69 Å². The van der Waals surface area contributed by atoms with Gasteiger partial charge in [-0.1, -0.05) is 0 Å². The van der Waals surface area contributed by atoms with Gasteiger partial charge in [-0.25, -0.2) is 0 Å². The van der Waals surface area contributed by atoms with Crippen LogP contribution in [0.25, 0.3) is 0 Å². The second-order valence-electron chi connectivity index (χ2n) is 6.64. The zero-order valence-electron chi connectivity index (χ0n) is 16.8. The Bertz CT molecular complexity index is 784. The average molecular weight is 384 g/mol. The fraction of sp³-hybridized carbons (Fsp3) is 0.409. The van der Waals surface area contributed by atoms with Gasteiger partial charge in [0.1, 0.15) is 11.5 Å². The third-order valence-electron chi connectivity index (χ3n) is 4.99. The van der Waals surface area contributed by atoms with Crippen molar-refractivity contribution >= 4 is 11.6 Å². The van der Waals surface area contributed by atoms with Gasteiger partial charge in [-0.15, -0.1) is 0 Å². The SMILES string of the molecule is CCOCc1cc(C(=O)N2CCN(c3ccc(OC)cc3)CC2)ccc1OC. The molecule has 2 aromatic carbocycles. The summed E-state index contributed by atoms with van der Waals surface area (Å²) in [7, 11) is 3.29. The van der Waals surface area contributed by atoms with Crippen molar-refractivity contribution in [2.24, 2.45) is 0 Å². The molecule has 0 aromatic heterocycles. The molecule has 0 bridgehead atoms. The van der Waals surface area contributed by atoms with E-state index in [1.165, 1.54) is 0 Å². The largest absolute Gasteiger partial charge is 0.497 e. The van der Waals surface area contributed by atoms with Gasteiger partial charge in [-0.3, -0.25) is 4.79 Å². The normalized spacial score (nSPS) is 14.1. The number of anilines is 1. The van der Waals surface area contributed by atoms with Gasteiger partial charge in [-0.2, -0.15) is 0 Å². The van der Waals surface area contributed by atoms with Crippen LogP contribution in [0.5, 0.6) is 11.5 Å². The highest BCUT2D eigenvalue weighted by Gasteiger charge is 2.23. The standard InChI is InChI=1S/C22H28N2O4/c1-4-28-16-18-15-17(5-10-21(18)27-3)22(25)24-13-11-23(12-14-24)19-6-8-20(26-2)9-7-19/h5-10,15H,4,11-14,16H2,1-3H3. The van der Waals surface area contributed by atoms with E-state index in [0.717, 1.165) is 35.8 Å². The van der Waals surface area contributed by atoms with E-state index in [-0.39, 0.29) is 5.91 Å². The van der Waals surface area contributed by atoms with Crippen LogP contribution in [-0.4, -0.2) is 57.8 Å². The first-order valence-corrected chi connectivity index (χ1v) is 9.59. The van der Waals surface area contributed by atoms with Crippen molar-refractivity contribution in [1.29, 1.82) is 0 Å². The summed E-state index contributed by atoms with van der Waals surface area (Å²) >= 11 is 0. The van der Waals surface area contributed by atoms with Gasteiger partial charge in [0.05, 0.1) is 20.8 Å². The summed E-state index contributed by atoms with van der Waals surface area (Å²) in [4.78, 5) is 17.2.